The van der Waals surface area contributed by atoms with Gasteiger partial charge in [0.15, 0.2) is 0 Å². The van der Waals surface area contributed by atoms with Crippen molar-refractivity contribution >= 4 is 0 Å². The highest BCUT2D eigenvalue weighted by atomic mass is 14.2. The van der Waals surface area contributed by atoms with Crippen LogP contribution in [0.2, 0.25) is 0 Å². The van der Waals surface area contributed by atoms with Gasteiger partial charge < -0.3 is 0 Å². The number of aryl methyl sites for hydroxylation is 2. The van der Waals surface area contributed by atoms with Gasteiger partial charge in [0.2, 0.25) is 0 Å². The van der Waals surface area contributed by atoms with Crippen molar-refractivity contribution in [2.75, 3.05) is 0 Å². The van der Waals surface area contributed by atoms with E-state index in [4.69, 9.17) is 0 Å². The van der Waals surface area contributed by atoms with Gasteiger partial charge in [-0.15, -0.1) is 0 Å². The summed E-state index contributed by atoms with van der Waals surface area (Å²) in [5.41, 5.74) is 9.40. The molecule has 0 saturated carbocycles. The van der Waals surface area contributed by atoms with E-state index in [9.17, 15) is 0 Å². The number of benzene rings is 3. The van der Waals surface area contributed by atoms with Crippen LogP contribution < -0.4 is 0 Å². The van der Waals surface area contributed by atoms with E-state index in [1.165, 1.54) is 38.9 Å². The zero-order valence-corrected chi connectivity index (χ0v) is 15.1. The second kappa shape index (κ2) is 7.05. The highest BCUT2D eigenvalue weighted by Crippen LogP contribution is 2.36. The molecule has 0 aliphatic heterocycles. The lowest BCUT2D eigenvalue weighted by Crippen LogP contribution is -1.97. The molecule has 0 bridgehead atoms. The molecule has 3 aromatic carbocycles. The Morgan fingerprint density at radius 2 is 1.50 bits per heavy atom. The lowest BCUT2D eigenvalue weighted by Gasteiger charge is -2.18. The lowest BCUT2D eigenvalue weighted by molar-refractivity contribution is 0.735. The predicted octanol–water partition coefficient (Wildman–Crippen LogP) is 7.15. The lowest BCUT2D eigenvalue weighted by atomic mass is 9.86. The van der Waals surface area contributed by atoms with E-state index < -0.39 is 0 Å². The minimum absolute atomic E-state index is 0.561. The van der Waals surface area contributed by atoms with Crippen LogP contribution in [-0.2, 0) is 0 Å². The van der Waals surface area contributed by atoms with Crippen LogP contribution in [0.4, 0.5) is 0 Å². The summed E-state index contributed by atoms with van der Waals surface area (Å²) in [6.45, 7) is 8.94. The molecule has 0 nitrogen and oxygen atoms in total. The molecule has 3 rings (SSSR count). The normalized spacial score (nSPS) is 12.2. The molecule has 0 spiro atoms. The molecular formula is C24H26. The molecule has 0 heterocycles. The van der Waals surface area contributed by atoms with Crippen molar-refractivity contribution < 1.29 is 0 Å². The molecule has 0 aliphatic rings. The molecule has 1 atom stereocenters. The minimum Gasteiger partial charge on any atom is -0.0648 e. The maximum Gasteiger partial charge on any atom is -0.0140 e. The van der Waals surface area contributed by atoms with Crippen molar-refractivity contribution in [2.45, 2.75) is 40.0 Å². The Morgan fingerprint density at radius 1 is 0.750 bits per heavy atom. The van der Waals surface area contributed by atoms with Crippen LogP contribution in [0.3, 0.4) is 0 Å². The first-order valence-corrected chi connectivity index (χ1v) is 8.87. The summed E-state index contributed by atoms with van der Waals surface area (Å²) in [4.78, 5) is 0. The fourth-order valence-electron chi connectivity index (χ4n) is 3.32. The monoisotopic (exact) mass is 314 g/mol. The van der Waals surface area contributed by atoms with Crippen molar-refractivity contribution in [3.8, 4) is 22.3 Å². The van der Waals surface area contributed by atoms with Crippen LogP contribution in [0.25, 0.3) is 22.3 Å². The first-order chi connectivity index (χ1) is 11.6. The SMILES string of the molecule is CCC(C)c1ccc(-c2cccc(C)c2)cc1-c1ccccc1C. The quantitative estimate of drug-likeness (QED) is 0.479. The van der Waals surface area contributed by atoms with E-state index in [1.54, 1.807) is 0 Å². The third-order valence-electron chi connectivity index (χ3n) is 4.98. The smallest absolute Gasteiger partial charge is 0.0140 e. The van der Waals surface area contributed by atoms with Crippen molar-refractivity contribution in [1.29, 1.82) is 0 Å². The van der Waals surface area contributed by atoms with Crippen LogP contribution in [0.15, 0.2) is 66.7 Å². The Hall–Kier alpha value is -2.34. The van der Waals surface area contributed by atoms with Crippen LogP contribution in [0.5, 0.6) is 0 Å². The molecule has 122 valence electrons. The van der Waals surface area contributed by atoms with E-state index in [2.05, 4.69) is 94.4 Å². The van der Waals surface area contributed by atoms with Gasteiger partial charge in [0, 0.05) is 0 Å². The third-order valence-corrected chi connectivity index (χ3v) is 4.98. The predicted molar refractivity (Wildman–Crippen MR) is 105 cm³/mol. The summed E-state index contributed by atoms with van der Waals surface area (Å²) in [5.74, 6) is 0.561. The van der Waals surface area contributed by atoms with Gasteiger partial charge in [-0.25, -0.2) is 0 Å². The molecule has 0 aliphatic carbocycles. The first-order valence-electron chi connectivity index (χ1n) is 8.87. The van der Waals surface area contributed by atoms with Crippen LogP contribution >= 0.6 is 0 Å². The van der Waals surface area contributed by atoms with E-state index in [0.29, 0.717) is 5.92 Å². The van der Waals surface area contributed by atoms with Crippen LogP contribution in [0.1, 0.15) is 42.9 Å². The molecule has 0 radical (unpaired) electrons. The van der Waals surface area contributed by atoms with E-state index in [1.807, 2.05) is 0 Å². The number of rotatable bonds is 4. The topological polar surface area (TPSA) is 0 Å². The standard InChI is InChI=1S/C24H26/c1-5-18(3)23-14-13-21(20-11-8-9-17(2)15-20)16-24(23)22-12-7-6-10-19(22)4/h6-16,18H,5H2,1-4H3. The van der Waals surface area contributed by atoms with Crippen molar-refractivity contribution in [3.05, 3.63) is 83.4 Å². The molecule has 0 N–H and O–H groups in total. The summed E-state index contributed by atoms with van der Waals surface area (Å²) in [6, 6.07) is 24.4. The number of hydrogen-bond acceptors (Lipinski definition) is 0. The second-order valence-electron chi connectivity index (χ2n) is 6.80. The largest absolute Gasteiger partial charge is 0.0648 e. The average molecular weight is 314 g/mol. The Morgan fingerprint density at radius 3 is 2.21 bits per heavy atom. The highest BCUT2D eigenvalue weighted by molar-refractivity contribution is 5.77. The van der Waals surface area contributed by atoms with Gasteiger partial charge in [0.05, 0.1) is 0 Å². The van der Waals surface area contributed by atoms with Gasteiger partial charge in [-0.3, -0.25) is 0 Å². The van der Waals surface area contributed by atoms with Gasteiger partial charge in [0.1, 0.15) is 0 Å². The Bertz CT molecular complexity index is 842. The zero-order valence-electron chi connectivity index (χ0n) is 15.1. The summed E-state index contributed by atoms with van der Waals surface area (Å²) in [5, 5.41) is 0. The average Bonchev–Trinajstić information content (AvgIpc) is 2.61. The molecule has 1 unspecified atom stereocenters. The summed E-state index contributed by atoms with van der Waals surface area (Å²) >= 11 is 0. The third kappa shape index (κ3) is 3.28. The van der Waals surface area contributed by atoms with E-state index in [0.717, 1.165) is 6.42 Å². The van der Waals surface area contributed by atoms with Gasteiger partial charge >= 0.3 is 0 Å². The summed E-state index contributed by atoms with van der Waals surface area (Å²) < 4.78 is 0. The summed E-state index contributed by atoms with van der Waals surface area (Å²) in [7, 11) is 0. The van der Waals surface area contributed by atoms with Gasteiger partial charge in [-0.1, -0.05) is 80.1 Å². The molecule has 3 aromatic rings. The fourth-order valence-corrected chi connectivity index (χ4v) is 3.32. The minimum atomic E-state index is 0.561. The maximum absolute atomic E-state index is 2.37. The maximum atomic E-state index is 2.37. The van der Waals surface area contributed by atoms with E-state index in [-0.39, 0.29) is 0 Å². The number of hydrogen-bond donors (Lipinski definition) is 0. The molecule has 0 saturated heterocycles. The molecule has 0 amide bonds. The first kappa shape index (κ1) is 16.5. The van der Waals surface area contributed by atoms with Crippen LogP contribution in [-0.4, -0.2) is 0 Å². The Labute approximate surface area is 146 Å². The molecule has 0 aromatic heterocycles. The Balaban J connectivity index is 2.20. The van der Waals surface area contributed by atoms with Crippen molar-refractivity contribution in [2.24, 2.45) is 0 Å². The van der Waals surface area contributed by atoms with Crippen molar-refractivity contribution in [3.63, 3.8) is 0 Å². The molecule has 0 heteroatoms. The van der Waals surface area contributed by atoms with Gasteiger partial charge in [-0.2, -0.15) is 0 Å². The van der Waals surface area contributed by atoms with Gasteiger partial charge in [0.25, 0.3) is 0 Å². The highest BCUT2D eigenvalue weighted by Gasteiger charge is 2.13. The van der Waals surface area contributed by atoms with E-state index >= 15 is 0 Å². The molecule has 0 fully saturated rings. The van der Waals surface area contributed by atoms with Gasteiger partial charge in [-0.05, 0) is 65.6 Å². The second-order valence-corrected chi connectivity index (χ2v) is 6.80. The van der Waals surface area contributed by atoms with Crippen molar-refractivity contribution in [1.82, 2.24) is 0 Å². The Kier molecular flexibility index (Phi) is 4.85. The fraction of sp³-hybridized carbons (Fsp3) is 0.250. The van der Waals surface area contributed by atoms with Crippen LogP contribution in [0, 0.1) is 13.8 Å². The summed E-state index contributed by atoms with van der Waals surface area (Å²) in [6.07, 6.45) is 1.16. The zero-order chi connectivity index (χ0) is 17.1. The molecule has 24 heavy (non-hydrogen) atoms. The molecular weight excluding hydrogens is 288 g/mol.